The summed E-state index contributed by atoms with van der Waals surface area (Å²) in [5.74, 6) is 0.362. The van der Waals surface area contributed by atoms with Gasteiger partial charge in [-0.05, 0) is 45.0 Å². The van der Waals surface area contributed by atoms with E-state index in [0.29, 0.717) is 12.4 Å². The van der Waals surface area contributed by atoms with E-state index in [1.54, 1.807) is 18.2 Å². The van der Waals surface area contributed by atoms with Gasteiger partial charge in [0, 0.05) is 6.07 Å². The van der Waals surface area contributed by atoms with Crippen LogP contribution in [0.4, 0.5) is 5.69 Å². The van der Waals surface area contributed by atoms with Gasteiger partial charge in [-0.3, -0.25) is 10.1 Å². The van der Waals surface area contributed by atoms with E-state index in [2.05, 4.69) is 18.7 Å². The molecule has 0 radical (unpaired) electrons. The molecule has 0 atom stereocenters. The standard InChI is InChI=1S/C15H24N2O3/c1-3-16(4-2)12-8-5-9-13-20-15-11-7-6-10-14(15)17(18)19/h6-7,10-11H,3-5,8-9,12-13H2,1-2H3. The summed E-state index contributed by atoms with van der Waals surface area (Å²) in [4.78, 5) is 12.8. The van der Waals surface area contributed by atoms with E-state index in [1.807, 2.05) is 0 Å². The van der Waals surface area contributed by atoms with Gasteiger partial charge in [0.15, 0.2) is 5.75 Å². The summed E-state index contributed by atoms with van der Waals surface area (Å²) < 4.78 is 5.50. The molecule has 1 aromatic rings. The molecule has 1 rings (SSSR count). The maximum Gasteiger partial charge on any atom is 0.310 e. The molecule has 0 bridgehead atoms. The molecule has 0 aliphatic carbocycles. The van der Waals surface area contributed by atoms with Crippen molar-refractivity contribution >= 4 is 5.69 Å². The number of benzene rings is 1. The number of rotatable bonds is 10. The maximum atomic E-state index is 10.8. The van der Waals surface area contributed by atoms with Crippen molar-refractivity contribution in [2.75, 3.05) is 26.2 Å². The third-order valence-corrected chi connectivity index (χ3v) is 3.33. The fourth-order valence-corrected chi connectivity index (χ4v) is 2.07. The molecular weight excluding hydrogens is 256 g/mol. The van der Waals surface area contributed by atoms with Gasteiger partial charge in [0.1, 0.15) is 0 Å². The lowest BCUT2D eigenvalue weighted by Gasteiger charge is -2.17. The van der Waals surface area contributed by atoms with Gasteiger partial charge in [-0.2, -0.15) is 0 Å². The van der Waals surface area contributed by atoms with Gasteiger partial charge in [-0.1, -0.05) is 26.0 Å². The van der Waals surface area contributed by atoms with Gasteiger partial charge < -0.3 is 9.64 Å². The molecule has 0 amide bonds. The number of para-hydroxylation sites is 2. The summed E-state index contributed by atoms with van der Waals surface area (Å²) in [5.41, 5.74) is 0.0376. The first kappa shape index (κ1) is 16.4. The zero-order chi connectivity index (χ0) is 14.8. The summed E-state index contributed by atoms with van der Waals surface area (Å²) in [5, 5.41) is 10.8. The van der Waals surface area contributed by atoms with Gasteiger partial charge in [-0.15, -0.1) is 0 Å². The number of ether oxygens (including phenoxy) is 1. The third-order valence-electron chi connectivity index (χ3n) is 3.33. The van der Waals surface area contributed by atoms with Crippen molar-refractivity contribution in [1.82, 2.24) is 4.90 Å². The Bertz CT molecular complexity index is 406. The number of hydrogen-bond acceptors (Lipinski definition) is 4. The molecule has 0 aromatic heterocycles. The topological polar surface area (TPSA) is 55.6 Å². The molecule has 0 aliphatic rings. The zero-order valence-electron chi connectivity index (χ0n) is 12.4. The van der Waals surface area contributed by atoms with E-state index >= 15 is 0 Å². The largest absolute Gasteiger partial charge is 0.487 e. The minimum atomic E-state index is -0.407. The lowest BCUT2D eigenvalue weighted by atomic mass is 10.2. The van der Waals surface area contributed by atoms with E-state index in [-0.39, 0.29) is 5.69 Å². The first-order valence-corrected chi connectivity index (χ1v) is 7.27. The average Bonchev–Trinajstić information content (AvgIpc) is 2.47. The molecule has 0 saturated carbocycles. The molecule has 0 heterocycles. The second kappa shape index (κ2) is 9.31. The summed E-state index contributed by atoms with van der Waals surface area (Å²) in [6, 6.07) is 6.52. The summed E-state index contributed by atoms with van der Waals surface area (Å²) >= 11 is 0. The Morgan fingerprint density at radius 3 is 2.50 bits per heavy atom. The Morgan fingerprint density at radius 1 is 1.15 bits per heavy atom. The molecule has 0 N–H and O–H groups in total. The molecule has 112 valence electrons. The first-order valence-electron chi connectivity index (χ1n) is 7.27. The predicted molar refractivity (Wildman–Crippen MR) is 80.2 cm³/mol. The highest BCUT2D eigenvalue weighted by molar-refractivity contribution is 5.45. The van der Waals surface area contributed by atoms with Gasteiger partial charge in [0.25, 0.3) is 0 Å². The maximum absolute atomic E-state index is 10.8. The smallest absolute Gasteiger partial charge is 0.310 e. The van der Waals surface area contributed by atoms with Crippen molar-refractivity contribution in [1.29, 1.82) is 0 Å². The second-order valence-corrected chi connectivity index (χ2v) is 4.66. The van der Waals surface area contributed by atoms with Crippen LogP contribution < -0.4 is 4.74 Å². The number of unbranched alkanes of at least 4 members (excludes halogenated alkanes) is 2. The van der Waals surface area contributed by atoms with Crippen molar-refractivity contribution in [3.63, 3.8) is 0 Å². The van der Waals surface area contributed by atoms with Crippen LogP contribution in [0.2, 0.25) is 0 Å². The van der Waals surface area contributed by atoms with Crippen LogP contribution in [-0.2, 0) is 0 Å². The van der Waals surface area contributed by atoms with Crippen LogP contribution in [0, 0.1) is 10.1 Å². The van der Waals surface area contributed by atoms with Crippen LogP contribution in [0.3, 0.4) is 0 Å². The lowest BCUT2D eigenvalue weighted by molar-refractivity contribution is -0.385. The highest BCUT2D eigenvalue weighted by Gasteiger charge is 2.12. The molecule has 0 unspecified atom stereocenters. The zero-order valence-corrected chi connectivity index (χ0v) is 12.4. The van der Waals surface area contributed by atoms with Crippen molar-refractivity contribution in [2.45, 2.75) is 33.1 Å². The van der Waals surface area contributed by atoms with Crippen LogP contribution in [0.25, 0.3) is 0 Å². The molecule has 0 spiro atoms. The van der Waals surface area contributed by atoms with E-state index in [1.165, 1.54) is 6.07 Å². The summed E-state index contributed by atoms with van der Waals surface area (Å²) in [7, 11) is 0. The van der Waals surface area contributed by atoms with Crippen molar-refractivity contribution in [2.24, 2.45) is 0 Å². The Morgan fingerprint density at radius 2 is 1.85 bits per heavy atom. The fraction of sp³-hybridized carbons (Fsp3) is 0.600. The third kappa shape index (κ3) is 5.57. The average molecular weight is 280 g/mol. The number of nitro benzene ring substituents is 1. The van der Waals surface area contributed by atoms with Crippen molar-refractivity contribution in [3.05, 3.63) is 34.4 Å². The Labute approximate surface area is 120 Å². The molecule has 0 aliphatic heterocycles. The summed E-state index contributed by atoms with van der Waals surface area (Å²) in [6.07, 6.45) is 3.15. The van der Waals surface area contributed by atoms with Crippen molar-refractivity contribution < 1.29 is 9.66 Å². The van der Waals surface area contributed by atoms with Gasteiger partial charge in [0.2, 0.25) is 0 Å². The predicted octanol–water partition coefficient (Wildman–Crippen LogP) is 3.49. The second-order valence-electron chi connectivity index (χ2n) is 4.66. The first-order chi connectivity index (χ1) is 9.69. The highest BCUT2D eigenvalue weighted by atomic mass is 16.6. The lowest BCUT2D eigenvalue weighted by Crippen LogP contribution is -2.23. The van der Waals surface area contributed by atoms with E-state index < -0.39 is 4.92 Å². The van der Waals surface area contributed by atoms with Crippen molar-refractivity contribution in [3.8, 4) is 5.75 Å². The van der Waals surface area contributed by atoms with Gasteiger partial charge >= 0.3 is 5.69 Å². The number of hydrogen-bond donors (Lipinski definition) is 0. The quantitative estimate of drug-likeness (QED) is 0.374. The Hall–Kier alpha value is -1.62. The molecule has 1 aromatic carbocycles. The van der Waals surface area contributed by atoms with E-state index in [9.17, 15) is 10.1 Å². The molecule has 0 saturated heterocycles. The molecule has 5 nitrogen and oxygen atoms in total. The summed E-state index contributed by atoms with van der Waals surface area (Å²) in [6.45, 7) is 8.15. The van der Waals surface area contributed by atoms with Crippen LogP contribution in [-0.4, -0.2) is 36.1 Å². The number of nitrogens with zero attached hydrogens (tertiary/aromatic N) is 2. The van der Waals surface area contributed by atoms with E-state index in [4.69, 9.17) is 4.74 Å². The van der Waals surface area contributed by atoms with Crippen LogP contribution >= 0.6 is 0 Å². The minimum absolute atomic E-state index is 0.0376. The molecule has 5 heteroatoms. The molecule has 0 fully saturated rings. The molecule has 20 heavy (non-hydrogen) atoms. The fourth-order valence-electron chi connectivity index (χ4n) is 2.07. The molecular formula is C15H24N2O3. The highest BCUT2D eigenvalue weighted by Crippen LogP contribution is 2.25. The van der Waals surface area contributed by atoms with Crippen LogP contribution in [0.15, 0.2) is 24.3 Å². The van der Waals surface area contributed by atoms with Crippen LogP contribution in [0.1, 0.15) is 33.1 Å². The van der Waals surface area contributed by atoms with Gasteiger partial charge in [-0.25, -0.2) is 0 Å². The normalized spacial score (nSPS) is 10.8. The Kier molecular flexibility index (Phi) is 7.65. The van der Waals surface area contributed by atoms with Gasteiger partial charge in [0.05, 0.1) is 11.5 Å². The Balaban J connectivity index is 2.23. The number of nitro groups is 1. The van der Waals surface area contributed by atoms with Crippen LogP contribution in [0.5, 0.6) is 5.75 Å². The SMILES string of the molecule is CCN(CC)CCCCCOc1ccccc1[N+](=O)[O-]. The minimum Gasteiger partial charge on any atom is -0.487 e. The monoisotopic (exact) mass is 280 g/mol. The van der Waals surface area contributed by atoms with E-state index in [0.717, 1.165) is 38.9 Å².